The number of amides is 1. The zero-order valence-electron chi connectivity index (χ0n) is 17.6. The predicted octanol–water partition coefficient (Wildman–Crippen LogP) is 5.90. The molecule has 166 valence electrons. The van der Waals surface area contributed by atoms with Crippen molar-refractivity contribution in [2.45, 2.75) is 12.1 Å². The maximum absolute atomic E-state index is 12.3. The number of carbonyl (C=O) groups excluding carboxylic acids is 1. The highest BCUT2D eigenvalue weighted by molar-refractivity contribution is 9.10. The molecule has 0 saturated heterocycles. The molecule has 1 aromatic heterocycles. The van der Waals surface area contributed by atoms with Gasteiger partial charge in [-0.2, -0.15) is 5.10 Å². The van der Waals surface area contributed by atoms with Crippen molar-refractivity contribution in [3.63, 3.8) is 0 Å². The van der Waals surface area contributed by atoms with Gasteiger partial charge in [-0.05, 0) is 61.0 Å². The molecule has 3 aromatic carbocycles. The van der Waals surface area contributed by atoms with E-state index in [0.717, 1.165) is 26.9 Å². The number of carbonyl (C=O) groups is 1. The summed E-state index contributed by atoms with van der Waals surface area (Å²) in [5.41, 5.74) is 6.38. The Bertz CT molecular complexity index is 1270. The molecule has 4 aromatic rings. The summed E-state index contributed by atoms with van der Waals surface area (Å²) in [6.45, 7) is 2.03. The number of rotatable bonds is 7. The van der Waals surface area contributed by atoms with Crippen LogP contribution < -0.4 is 5.43 Å². The van der Waals surface area contributed by atoms with E-state index in [-0.39, 0.29) is 11.7 Å². The van der Waals surface area contributed by atoms with E-state index in [4.69, 9.17) is 11.6 Å². The third-order valence-corrected chi connectivity index (χ3v) is 6.34. The Hall–Kier alpha value is -2.94. The van der Waals surface area contributed by atoms with Crippen LogP contribution in [0.3, 0.4) is 0 Å². The lowest BCUT2D eigenvalue weighted by Gasteiger charge is -2.10. The lowest BCUT2D eigenvalue weighted by atomic mass is 10.2. The van der Waals surface area contributed by atoms with Gasteiger partial charge in [0.25, 0.3) is 5.91 Å². The summed E-state index contributed by atoms with van der Waals surface area (Å²) in [5, 5.41) is 14.0. The lowest BCUT2D eigenvalue weighted by molar-refractivity contribution is -0.118. The summed E-state index contributed by atoms with van der Waals surface area (Å²) < 4.78 is 2.92. The number of aryl methyl sites for hydroxylation is 1. The number of nitrogens with one attached hydrogen (secondary N) is 1. The van der Waals surface area contributed by atoms with E-state index in [1.165, 1.54) is 11.8 Å². The zero-order chi connectivity index (χ0) is 23.2. The Morgan fingerprint density at radius 1 is 1.06 bits per heavy atom. The first-order valence-electron chi connectivity index (χ1n) is 9.98. The summed E-state index contributed by atoms with van der Waals surface area (Å²) in [5.74, 6) is 0.578. The molecule has 0 atom stereocenters. The first-order valence-corrected chi connectivity index (χ1v) is 12.1. The Labute approximate surface area is 209 Å². The topological polar surface area (TPSA) is 72.2 Å². The molecule has 6 nitrogen and oxygen atoms in total. The Balaban J connectivity index is 1.51. The van der Waals surface area contributed by atoms with E-state index in [1.807, 2.05) is 84.3 Å². The number of hydrogen-bond acceptors (Lipinski definition) is 5. The SMILES string of the molecule is Cc1ccc(-n2c(SCC(=O)N/N=C\c3ccc(Br)cc3)nnc2-c2ccc(Cl)cc2)cc1. The molecule has 9 heteroatoms. The number of thioether (sulfide) groups is 1. The van der Waals surface area contributed by atoms with Gasteiger partial charge in [0.2, 0.25) is 0 Å². The summed E-state index contributed by atoms with van der Waals surface area (Å²) in [6, 6.07) is 23.1. The first-order chi connectivity index (χ1) is 16.0. The number of halogens is 2. The van der Waals surface area contributed by atoms with Crippen LogP contribution in [0.2, 0.25) is 5.02 Å². The molecule has 0 saturated carbocycles. The van der Waals surface area contributed by atoms with Crippen molar-refractivity contribution in [3.8, 4) is 17.1 Å². The van der Waals surface area contributed by atoms with E-state index in [2.05, 4.69) is 36.7 Å². The largest absolute Gasteiger partial charge is 0.272 e. The normalized spacial score (nSPS) is 11.1. The van der Waals surface area contributed by atoms with Crippen LogP contribution >= 0.6 is 39.3 Å². The highest BCUT2D eigenvalue weighted by Crippen LogP contribution is 2.28. The monoisotopic (exact) mass is 539 g/mol. The van der Waals surface area contributed by atoms with Gasteiger partial charge in [0.15, 0.2) is 11.0 Å². The lowest BCUT2D eigenvalue weighted by Crippen LogP contribution is -2.20. The molecule has 33 heavy (non-hydrogen) atoms. The standard InChI is InChI=1S/C24H19BrClN5OS/c1-16-2-12-21(13-3-16)31-23(18-6-10-20(26)11-7-18)29-30-24(31)33-15-22(32)28-27-14-17-4-8-19(25)9-5-17/h2-14H,15H2,1H3,(H,28,32)/b27-14-. The Morgan fingerprint density at radius 3 is 2.45 bits per heavy atom. The van der Waals surface area contributed by atoms with E-state index < -0.39 is 0 Å². The van der Waals surface area contributed by atoms with Crippen molar-refractivity contribution in [1.82, 2.24) is 20.2 Å². The summed E-state index contributed by atoms with van der Waals surface area (Å²) in [4.78, 5) is 12.3. The highest BCUT2D eigenvalue weighted by Gasteiger charge is 2.17. The molecule has 0 radical (unpaired) electrons. The highest BCUT2D eigenvalue weighted by atomic mass is 79.9. The van der Waals surface area contributed by atoms with Gasteiger partial charge in [-0.25, -0.2) is 5.43 Å². The van der Waals surface area contributed by atoms with Gasteiger partial charge in [0, 0.05) is 20.7 Å². The number of hydrogen-bond donors (Lipinski definition) is 1. The third kappa shape index (κ3) is 6.10. The van der Waals surface area contributed by atoms with Crippen molar-refractivity contribution >= 4 is 51.4 Å². The van der Waals surface area contributed by atoms with E-state index in [1.54, 1.807) is 6.21 Å². The molecule has 0 unspecified atom stereocenters. The minimum absolute atomic E-state index is 0.141. The van der Waals surface area contributed by atoms with Gasteiger partial charge < -0.3 is 0 Å². The number of aromatic nitrogens is 3. The van der Waals surface area contributed by atoms with E-state index >= 15 is 0 Å². The van der Waals surface area contributed by atoms with Crippen molar-refractivity contribution in [2.75, 3.05) is 5.75 Å². The maximum Gasteiger partial charge on any atom is 0.250 e. The molecule has 0 bridgehead atoms. The van der Waals surface area contributed by atoms with Gasteiger partial charge in [0.1, 0.15) is 0 Å². The quantitative estimate of drug-likeness (QED) is 0.180. The molecule has 0 fully saturated rings. The van der Waals surface area contributed by atoms with Gasteiger partial charge in [0.05, 0.1) is 12.0 Å². The summed E-state index contributed by atoms with van der Waals surface area (Å²) in [6.07, 6.45) is 1.60. The van der Waals surface area contributed by atoms with Crippen LogP contribution in [0.15, 0.2) is 87.5 Å². The van der Waals surface area contributed by atoms with Crippen molar-refractivity contribution in [2.24, 2.45) is 5.10 Å². The predicted molar refractivity (Wildman–Crippen MR) is 137 cm³/mol. The zero-order valence-corrected chi connectivity index (χ0v) is 20.7. The second kappa shape index (κ2) is 10.8. The van der Waals surface area contributed by atoms with Crippen LogP contribution in [-0.2, 0) is 4.79 Å². The van der Waals surface area contributed by atoms with Crippen molar-refractivity contribution < 1.29 is 4.79 Å². The molecule has 0 aliphatic rings. The molecule has 0 spiro atoms. The Morgan fingerprint density at radius 2 is 1.76 bits per heavy atom. The fourth-order valence-corrected chi connectivity index (χ4v) is 4.10. The smallest absolute Gasteiger partial charge is 0.250 e. The van der Waals surface area contributed by atoms with Crippen molar-refractivity contribution in [1.29, 1.82) is 0 Å². The fourth-order valence-electron chi connectivity index (χ4n) is 2.97. The molecule has 0 aliphatic heterocycles. The van der Waals surface area contributed by atoms with Crippen LogP contribution in [0.1, 0.15) is 11.1 Å². The minimum Gasteiger partial charge on any atom is -0.272 e. The van der Waals surface area contributed by atoms with E-state index in [0.29, 0.717) is 16.0 Å². The second-order valence-corrected chi connectivity index (χ2v) is 9.41. The van der Waals surface area contributed by atoms with Gasteiger partial charge >= 0.3 is 0 Å². The fraction of sp³-hybridized carbons (Fsp3) is 0.0833. The van der Waals surface area contributed by atoms with Gasteiger partial charge in [-0.1, -0.05) is 69.1 Å². The molecule has 1 N–H and O–H groups in total. The molecular weight excluding hydrogens is 522 g/mol. The van der Waals surface area contributed by atoms with Crippen LogP contribution in [0, 0.1) is 6.92 Å². The van der Waals surface area contributed by atoms with Crippen LogP contribution in [0.5, 0.6) is 0 Å². The Kier molecular flexibility index (Phi) is 7.59. The molecular formula is C24H19BrClN5OS. The molecule has 1 amide bonds. The van der Waals surface area contributed by atoms with E-state index in [9.17, 15) is 4.79 Å². The number of nitrogens with zero attached hydrogens (tertiary/aromatic N) is 4. The van der Waals surface area contributed by atoms with Gasteiger partial charge in [-0.15, -0.1) is 10.2 Å². The first kappa shape index (κ1) is 23.2. The average Bonchev–Trinajstić information content (AvgIpc) is 3.24. The van der Waals surface area contributed by atoms with Crippen LogP contribution in [0.25, 0.3) is 17.1 Å². The van der Waals surface area contributed by atoms with Gasteiger partial charge in [-0.3, -0.25) is 9.36 Å². The molecule has 0 aliphatic carbocycles. The maximum atomic E-state index is 12.3. The molecule has 4 rings (SSSR count). The minimum atomic E-state index is -0.236. The third-order valence-electron chi connectivity index (χ3n) is 4.63. The summed E-state index contributed by atoms with van der Waals surface area (Å²) in [7, 11) is 0. The number of benzene rings is 3. The molecule has 1 heterocycles. The van der Waals surface area contributed by atoms with Crippen LogP contribution in [-0.4, -0.2) is 32.6 Å². The number of hydrazone groups is 1. The van der Waals surface area contributed by atoms with Crippen molar-refractivity contribution in [3.05, 3.63) is 93.4 Å². The van der Waals surface area contributed by atoms with Crippen LogP contribution in [0.4, 0.5) is 0 Å². The summed E-state index contributed by atoms with van der Waals surface area (Å²) >= 11 is 10.7. The second-order valence-electron chi connectivity index (χ2n) is 7.12. The average molecular weight is 541 g/mol.